The summed E-state index contributed by atoms with van der Waals surface area (Å²) in [6.45, 7) is -0.280. The topological polar surface area (TPSA) is 65.6 Å². The van der Waals surface area contributed by atoms with Gasteiger partial charge in [-0.2, -0.15) is 5.10 Å². The Labute approximate surface area is 169 Å². The third-order valence-electron chi connectivity index (χ3n) is 5.01. The van der Waals surface area contributed by atoms with Gasteiger partial charge in [0.1, 0.15) is 11.6 Å². The van der Waals surface area contributed by atoms with Crippen LogP contribution in [0.1, 0.15) is 5.56 Å². The third kappa shape index (κ3) is 3.02. The van der Waals surface area contributed by atoms with Gasteiger partial charge in [0.25, 0.3) is 5.56 Å². The van der Waals surface area contributed by atoms with Crippen LogP contribution in [-0.4, -0.2) is 24.3 Å². The Kier molecular flexibility index (Phi) is 4.13. The molecule has 0 aliphatic rings. The number of fused-ring (bicyclic) bond motifs is 2. The number of hydrogen-bond donors (Lipinski definition) is 0. The van der Waals surface area contributed by atoms with Crippen LogP contribution in [0.5, 0.6) is 0 Å². The molecule has 3 aromatic heterocycles. The quantitative estimate of drug-likeness (QED) is 0.461. The Morgan fingerprint density at radius 1 is 0.967 bits per heavy atom. The summed E-state index contributed by atoms with van der Waals surface area (Å²) in [5.41, 5.74) is 1.81. The van der Waals surface area contributed by atoms with Crippen LogP contribution in [-0.2, 0) is 13.6 Å². The van der Waals surface area contributed by atoms with E-state index in [1.807, 2.05) is 25.4 Å². The molecule has 0 N–H and O–H groups in total. The maximum atomic E-state index is 14.8. The third-order valence-corrected chi connectivity index (χ3v) is 5.01. The van der Waals surface area contributed by atoms with Crippen LogP contribution in [0.4, 0.5) is 8.78 Å². The molecule has 0 radical (unpaired) electrons. The van der Waals surface area contributed by atoms with Crippen molar-refractivity contribution in [2.24, 2.45) is 7.05 Å². The number of benzene rings is 2. The Morgan fingerprint density at radius 3 is 2.57 bits per heavy atom. The van der Waals surface area contributed by atoms with Crippen molar-refractivity contribution >= 4 is 21.9 Å². The molecule has 0 fully saturated rings. The van der Waals surface area contributed by atoms with E-state index in [0.717, 1.165) is 15.5 Å². The predicted octanol–water partition coefficient (Wildman–Crippen LogP) is 3.67. The molecule has 0 aliphatic carbocycles. The zero-order valence-electron chi connectivity index (χ0n) is 15.9. The molecule has 0 spiro atoms. The van der Waals surface area contributed by atoms with Crippen molar-refractivity contribution in [1.82, 2.24) is 24.3 Å². The van der Waals surface area contributed by atoms with Crippen molar-refractivity contribution in [2.45, 2.75) is 6.54 Å². The monoisotopic (exact) mass is 403 g/mol. The first-order valence-electron chi connectivity index (χ1n) is 9.21. The summed E-state index contributed by atoms with van der Waals surface area (Å²) in [7, 11) is 1.81. The van der Waals surface area contributed by atoms with Gasteiger partial charge in [-0.3, -0.25) is 14.0 Å². The molecular weight excluding hydrogens is 388 g/mol. The van der Waals surface area contributed by atoms with E-state index >= 15 is 0 Å². The van der Waals surface area contributed by atoms with Crippen LogP contribution in [0.2, 0.25) is 0 Å². The van der Waals surface area contributed by atoms with Gasteiger partial charge in [0.15, 0.2) is 5.52 Å². The Bertz CT molecular complexity index is 1470. The van der Waals surface area contributed by atoms with Crippen molar-refractivity contribution in [1.29, 1.82) is 0 Å². The second-order valence-corrected chi connectivity index (χ2v) is 7.04. The molecule has 0 aliphatic heterocycles. The summed E-state index contributed by atoms with van der Waals surface area (Å²) >= 11 is 0. The van der Waals surface area contributed by atoms with Gasteiger partial charge in [0.05, 0.1) is 23.9 Å². The molecule has 148 valence electrons. The summed E-state index contributed by atoms with van der Waals surface area (Å²) in [6.07, 6.45) is 4.59. The molecule has 5 aromatic rings. The number of hydrogen-bond acceptors (Lipinski definition) is 4. The minimum absolute atomic E-state index is 0.155. The fraction of sp³-hybridized carbons (Fsp3) is 0.0909. The number of rotatable bonds is 3. The molecule has 0 amide bonds. The first kappa shape index (κ1) is 18.1. The molecule has 30 heavy (non-hydrogen) atoms. The summed E-state index contributed by atoms with van der Waals surface area (Å²) in [5.74, 6) is -1.46. The Hall–Kier alpha value is -3.94. The maximum absolute atomic E-state index is 14.8. The van der Waals surface area contributed by atoms with Crippen LogP contribution in [0.25, 0.3) is 33.1 Å². The van der Waals surface area contributed by atoms with E-state index in [-0.39, 0.29) is 17.6 Å². The molecule has 2 aromatic carbocycles. The number of nitrogens with zero attached hydrogens (tertiary/aromatic N) is 5. The lowest BCUT2D eigenvalue weighted by molar-refractivity contribution is 0.541. The highest BCUT2D eigenvalue weighted by atomic mass is 19.1. The van der Waals surface area contributed by atoms with Gasteiger partial charge in [0, 0.05) is 30.4 Å². The van der Waals surface area contributed by atoms with Gasteiger partial charge in [-0.15, -0.1) is 0 Å². The first-order chi connectivity index (χ1) is 14.5. The van der Waals surface area contributed by atoms with E-state index in [1.165, 1.54) is 24.7 Å². The summed E-state index contributed by atoms with van der Waals surface area (Å²) in [4.78, 5) is 20.7. The largest absolute Gasteiger partial charge is 0.293 e. The van der Waals surface area contributed by atoms with E-state index in [1.54, 1.807) is 22.9 Å². The molecule has 0 saturated heterocycles. The van der Waals surface area contributed by atoms with E-state index in [9.17, 15) is 13.6 Å². The fourth-order valence-electron chi connectivity index (χ4n) is 3.52. The standard InChI is InChI=1S/C22H15F2N5O/c1-28-10-15-7-13(4-5-19(15)27-28)14-8-17(23)16(18(24)9-14)11-29-12-26-20-3-2-6-25-21(20)22(29)30/h2-10,12H,11H2,1H3. The zero-order chi connectivity index (χ0) is 20.8. The molecule has 6 nitrogen and oxygen atoms in total. The Balaban J connectivity index is 1.54. The van der Waals surface area contributed by atoms with E-state index in [4.69, 9.17) is 0 Å². The first-order valence-corrected chi connectivity index (χ1v) is 9.21. The summed E-state index contributed by atoms with van der Waals surface area (Å²) in [5, 5.41) is 5.18. The van der Waals surface area contributed by atoms with Gasteiger partial charge in [0.2, 0.25) is 0 Å². The van der Waals surface area contributed by atoms with Crippen LogP contribution < -0.4 is 5.56 Å². The van der Waals surface area contributed by atoms with Crippen molar-refractivity contribution in [3.8, 4) is 11.1 Å². The van der Waals surface area contributed by atoms with E-state index in [0.29, 0.717) is 16.6 Å². The van der Waals surface area contributed by atoms with Crippen LogP contribution in [0.3, 0.4) is 0 Å². The molecule has 0 atom stereocenters. The van der Waals surface area contributed by atoms with Crippen molar-refractivity contribution < 1.29 is 8.78 Å². The normalized spacial score (nSPS) is 11.4. The number of aryl methyl sites for hydroxylation is 1. The molecule has 8 heteroatoms. The van der Waals surface area contributed by atoms with Gasteiger partial charge in [-0.25, -0.2) is 18.7 Å². The predicted molar refractivity (Wildman–Crippen MR) is 109 cm³/mol. The highest BCUT2D eigenvalue weighted by molar-refractivity contribution is 5.84. The van der Waals surface area contributed by atoms with Gasteiger partial charge in [-0.1, -0.05) is 6.07 Å². The maximum Gasteiger partial charge on any atom is 0.280 e. The van der Waals surface area contributed by atoms with Gasteiger partial charge < -0.3 is 0 Å². The van der Waals surface area contributed by atoms with Crippen LogP contribution in [0, 0.1) is 11.6 Å². The van der Waals surface area contributed by atoms with Crippen molar-refractivity contribution in [3.63, 3.8) is 0 Å². The van der Waals surface area contributed by atoms with E-state index in [2.05, 4.69) is 15.1 Å². The number of pyridine rings is 1. The lowest BCUT2D eigenvalue weighted by atomic mass is 10.0. The van der Waals surface area contributed by atoms with Crippen molar-refractivity contribution in [2.75, 3.05) is 0 Å². The second-order valence-electron chi connectivity index (χ2n) is 7.04. The highest BCUT2D eigenvalue weighted by Crippen LogP contribution is 2.27. The highest BCUT2D eigenvalue weighted by Gasteiger charge is 2.15. The molecule has 3 heterocycles. The van der Waals surface area contributed by atoms with Crippen LogP contribution >= 0.6 is 0 Å². The molecule has 0 saturated carbocycles. The van der Waals surface area contributed by atoms with Crippen LogP contribution in [0.15, 0.2) is 66.0 Å². The van der Waals surface area contributed by atoms with Gasteiger partial charge in [-0.05, 0) is 47.5 Å². The lowest BCUT2D eigenvalue weighted by Gasteiger charge is -2.11. The molecular formula is C22H15F2N5O. The smallest absolute Gasteiger partial charge is 0.280 e. The second kappa shape index (κ2) is 6.84. The molecule has 5 rings (SSSR count). The van der Waals surface area contributed by atoms with Gasteiger partial charge >= 0.3 is 0 Å². The SMILES string of the molecule is Cn1cc2cc(-c3cc(F)c(Cn4cnc5cccnc5c4=O)c(F)c3)ccc2n1. The average molecular weight is 403 g/mol. The fourth-order valence-corrected chi connectivity index (χ4v) is 3.52. The molecule has 0 unspecified atom stereocenters. The van der Waals surface area contributed by atoms with Crippen molar-refractivity contribution in [3.05, 3.63) is 88.7 Å². The molecule has 0 bridgehead atoms. The average Bonchev–Trinajstić information content (AvgIpc) is 3.11. The number of aromatic nitrogens is 5. The van der Waals surface area contributed by atoms with E-state index < -0.39 is 17.2 Å². The Morgan fingerprint density at radius 2 is 1.77 bits per heavy atom. The lowest BCUT2D eigenvalue weighted by Crippen LogP contribution is -2.23. The minimum atomic E-state index is -0.732. The minimum Gasteiger partial charge on any atom is -0.293 e. The summed E-state index contributed by atoms with van der Waals surface area (Å²) < 4.78 is 32.5. The zero-order valence-corrected chi connectivity index (χ0v) is 15.9. The number of halogens is 2. The summed E-state index contributed by atoms with van der Waals surface area (Å²) in [6, 6.07) is 11.3.